The maximum Gasteiger partial charge on any atom is 0.319 e. The first-order chi connectivity index (χ1) is 11.2. The SMILES string of the molecule is O=C(NCCc1ccc(F)cc1)Nc1cccc2c1OCCO2. The molecule has 3 rings (SSSR count). The van der Waals surface area contributed by atoms with Gasteiger partial charge in [-0.3, -0.25) is 0 Å². The number of ether oxygens (including phenoxy) is 2. The van der Waals surface area contributed by atoms with Crippen LogP contribution in [-0.4, -0.2) is 25.8 Å². The number of hydrogen-bond acceptors (Lipinski definition) is 3. The summed E-state index contributed by atoms with van der Waals surface area (Å²) in [6.45, 7) is 1.40. The van der Waals surface area contributed by atoms with Gasteiger partial charge in [-0.1, -0.05) is 18.2 Å². The number of fused-ring (bicyclic) bond motifs is 1. The second kappa shape index (κ2) is 7.00. The average molecular weight is 316 g/mol. The number of nitrogens with one attached hydrogen (secondary N) is 2. The molecule has 0 fully saturated rings. The molecule has 23 heavy (non-hydrogen) atoms. The lowest BCUT2D eigenvalue weighted by Gasteiger charge is -2.21. The van der Waals surface area contributed by atoms with Crippen LogP contribution in [0.25, 0.3) is 0 Å². The van der Waals surface area contributed by atoms with Gasteiger partial charge in [-0.15, -0.1) is 0 Å². The van der Waals surface area contributed by atoms with Gasteiger partial charge in [-0.25, -0.2) is 9.18 Å². The molecule has 0 aromatic heterocycles. The van der Waals surface area contributed by atoms with Gasteiger partial charge in [0.2, 0.25) is 0 Å². The molecular formula is C17H17FN2O3. The van der Waals surface area contributed by atoms with Gasteiger partial charge in [-0.05, 0) is 36.2 Å². The van der Waals surface area contributed by atoms with E-state index in [0.29, 0.717) is 43.4 Å². The van der Waals surface area contributed by atoms with E-state index in [1.165, 1.54) is 12.1 Å². The molecule has 0 aliphatic carbocycles. The van der Waals surface area contributed by atoms with E-state index < -0.39 is 0 Å². The van der Waals surface area contributed by atoms with Crippen molar-refractivity contribution >= 4 is 11.7 Å². The molecule has 2 aromatic rings. The van der Waals surface area contributed by atoms with Gasteiger partial charge in [0, 0.05) is 6.54 Å². The van der Waals surface area contributed by atoms with Crippen LogP contribution in [0.1, 0.15) is 5.56 Å². The lowest BCUT2D eigenvalue weighted by Crippen LogP contribution is -2.31. The Morgan fingerprint density at radius 3 is 2.70 bits per heavy atom. The minimum absolute atomic E-state index is 0.268. The molecule has 120 valence electrons. The highest BCUT2D eigenvalue weighted by Crippen LogP contribution is 2.37. The van der Waals surface area contributed by atoms with Crippen LogP contribution in [0, 0.1) is 5.82 Å². The molecule has 0 unspecified atom stereocenters. The largest absolute Gasteiger partial charge is 0.486 e. The van der Waals surface area contributed by atoms with Crippen LogP contribution in [0.5, 0.6) is 11.5 Å². The van der Waals surface area contributed by atoms with Gasteiger partial charge in [-0.2, -0.15) is 0 Å². The molecule has 2 aromatic carbocycles. The monoisotopic (exact) mass is 316 g/mol. The predicted molar refractivity (Wildman–Crippen MR) is 84.6 cm³/mol. The molecule has 2 amide bonds. The van der Waals surface area contributed by atoms with Crippen molar-refractivity contribution in [2.75, 3.05) is 25.1 Å². The quantitative estimate of drug-likeness (QED) is 0.912. The lowest BCUT2D eigenvalue weighted by molar-refractivity contribution is 0.172. The molecule has 0 saturated heterocycles. The normalized spacial score (nSPS) is 12.6. The van der Waals surface area contributed by atoms with E-state index in [2.05, 4.69) is 10.6 Å². The highest BCUT2D eigenvalue weighted by Gasteiger charge is 2.16. The molecule has 0 atom stereocenters. The second-order valence-electron chi connectivity index (χ2n) is 5.09. The molecule has 6 heteroatoms. The summed E-state index contributed by atoms with van der Waals surface area (Å²) < 4.78 is 23.8. The van der Waals surface area contributed by atoms with Crippen LogP contribution in [-0.2, 0) is 6.42 Å². The summed E-state index contributed by atoms with van der Waals surface area (Å²) in [4.78, 5) is 12.0. The Bertz CT molecular complexity index is 689. The minimum atomic E-state index is -0.324. The molecule has 0 saturated carbocycles. The third-order valence-corrected chi connectivity index (χ3v) is 3.43. The average Bonchev–Trinajstić information content (AvgIpc) is 2.57. The number of hydrogen-bond donors (Lipinski definition) is 2. The number of benzene rings is 2. The van der Waals surface area contributed by atoms with Crippen molar-refractivity contribution in [3.63, 3.8) is 0 Å². The number of halogens is 1. The zero-order chi connectivity index (χ0) is 16.1. The minimum Gasteiger partial charge on any atom is -0.486 e. The highest BCUT2D eigenvalue weighted by atomic mass is 19.1. The van der Waals surface area contributed by atoms with Crippen LogP contribution >= 0.6 is 0 Å². The highest BCUT2D eigenvalue weighted by molar-refractivity contribution is 5.91. The van der Waals surface area contributed by atoms with Gasteiger partial charge >= 0.3 is 6.03 Å². The number of para-hydroxylation sites is 1. The van der Waals surface area contributed by atoms with E-state index >= 15 is 0 Å². The Morgan fingerprint density at radius 1 is 1.09 bits per heavy atom. The van der Waals surface area contributed by atoms with Crippen LogP contribution in [0.2, 0.25) is 0 Å². The van der Waals surface area contributed by atoms with E-state index in [0.717, 1.165) is 5.56 Å². The summed E-state index contributed by atoms with van der Waals surface area (Å²) in [6, 6.07) is 11.2. The number of rotatable bonds is 4. The van der Waals surface area contributed by atoms with Gasteiger partial charge in [0.05, 0.1) is 5.69 Å². The van der Waals surface area contributed by atoms with Crippen LogP contribution in [0.3, 0.4) is 0 Å². The molecule has 0 radical (unpaired) electrons. The van der Waals surface area contributed by atoms with Gasteiger partial charge in [0.1, 0.15) is 19.0 Å². The Kier molecular flexibility index (Phi) is 4.61. The fourth-order valence-electron chi connectivity index (χ4n) is 2.31. The summed E-state index contributed by atoms with van der Waals surface area (Å²) in [5, 5.41) is 5.51. The van der Waals surface area contributed by atoms with E-state index in [9.17, 15) is 9.18 Å². The number of carbonyl (C=O) groups excluding carboxylic acids is 1. The predicted octanol–water partition coefficient (Wildman–Crippen LogP) is 2.96. The molecule has 5 nitrogen and oxygen atoms in total. The summed E-state index contributed by atoms with van der Waals surface area (Å²) in [5.41, 5.74) is 1.53. The standard InChI is InChI=1S/C17H17FN2O3/c18-13-6-4-12(5-7-13)8-9-19-17(21)20-14-2-1-3-15-16(14)23-11-10-22-15/h1-7H,8-11H2,(H2,19,20,21). The molecule has 1 heterocycles. The van der Waals surface area contributed by atoms with Crippen molar-refractivity contribution in [3.8, 4) is 11.5 Å². The van der Waals surface area contributed by atoms with Gasteiger partial charge < -0.3 is 20.1 Å². The first-order valence-corrected chi connectivity index (χ1v) is 7.40. The van der Waals surface area contributed by atoms with Gasteiger partial charge in [0.15, 0.2) is 11.5 Å². The smallest absolute Gasteiger partial charge is 0.319 e. The molecule has 2 N–H and O–H groups in total. The summed E-state index contributed by atoms with van der Waals surface area (Å²) >= 11 is 0. The van der Waals surface area contributed by atoms with Crippen molar-refractivity contribution in [3.05, 3.63) is 53.8 Å². The first-order valence-electron chi connectivity index (χ1n) is 7.40. The second-order valence-corrected chi connectivity index (χ2v) is 5.09. The maximum absolute atomic E-state index is 12.8. The zero-order valence-corrected chi connectivity index (χ0v) is 12.5. The molecular weight excluding hydrogens is 299 g/mol. The first kappa shape index (κ1) is 15.1. The molecule has 0 bridgehead atoms. The maximum atomic E-state index is 12.8. The Balaban J connectivity index is 1.52. The molecule has 0 spiro atoms. The number of anilines is 1. The topological polar surface area (TPSA) is 59.6 Å². The number of carbonyl (C=O) groups is 1. The van der Waals surface area contributed by atoms with Crippen LogP contribution < -0.4 is 20.1 Å². The van der Waals surface area contributed by atoms with Crippen molar-refractivity contribution < 1.29 is 18.7 Å². The number of amides is 2. The Morgan fingerprint density at radius 2 is 1.87 bits per heavy atom. The molecule has 1 aliphatic rings. The van der Waals surface area contributed by atoms with E-state index in [1.54, 1.807) is 30.3 Å². The van der Waals surface area contributed by atoms with Crippen LogP contribution in [0.4, 0.5) is 14.9 Å². The fourth-order valence-corrected chi connectivity index (χ4v) is 2.31. The summed E-state index contributed by atoms with van der Waals surface area (Å²) in [6.07, 6.45) is 0.625. The summed E-state index contributed by atoms with van der Waals surface area (Å²) in [7, 11) is 0. The van der Waals surface area contributed by atoms with Gasteiger partial charge in [0.25, 0.3) is 0 Å². The van der Waals surface area contributed by atoms with Crippen molar-refractivity contribution in [1.82, 2.24) is 5.32 Å². The van der Waals surface area contributed by atoms with E-state index in [4.69, 9.17) is 9.47 Å². The summed E-state index contributed by atoms with van der Waals surface area (Å²) in [5.74, 6) is 0.906. The Labute approximate surface area is 133 Å². The number of urea groups is 1. The zero-order valence-electron chi connectivity index (χ0n) is 12.5. The fraction of sp³-hybridized carbons (Fsp3) is 0.235. The van der Waals surface area contributed by atoms with E-state index in [-0.39, 0.29) is 11.8 Å². The Hall–Kier alpha value is -2.76. The van der Waals surface area contributed by atoms with Crippen molar-refractivity contribution in [2.45, 2.75) is 6.42 Å². The van der Waals surface area contributed by atoms with Crippen molar-refractivity contribution in [1.29, 1.82) is 0 Å². The van der Waals surface area contributed by atoms with E-state index in [1.807, 2.05) is 0 Å². The third-order valence-electron chi connectivity index (χ3n) is 3.43. The lowest BCUT2D eigenvalue weighted by atomic mass is 10.1. The molecule has 1 aliphatic heterocycles. The van der Waals surface area contributed by atoms with Crippen LogP contribution in [0.15, 0.2) is 42.5 Å². The third kappa shape index (κ3) is 3.91. The van der Waals surface area contributed by atoms with Crippen molar-refractivity contribution in [2.24, 2.45) is 0 Å².